The van der Waals surface area contributed by atoms with Crippen LogP contribution in [-0.2, 0) is 6.54 Å². The summed E-state index contributed by atoms with van der Waals surface area (Å²) in [6, 6.07) is 9.05. The summed E-state index contributed by atoms with van der Waals surface area (Å²) >= 11 is 1.83. The van der Waals surface area contributed by atoms with Crippen LogP contribution >= 0.6 is 11.3 Å². The van der Waals surface area contributed by atoms with E-state index in [2.05, 4.69) is 41.4 Å². The van der Waals surface area contributed by atoms with E-state index in [1.807, 2.05) is 11.3 Å². The van der Waals surface area contributed by atoms with E-state index in [1.54, 1.807) is 0 Å². The smallest absolute Gasteiger partial charge is 0.108 e. The number of nitrogens with zero attached hydrogens (tertiary/aromatic N) is 2. The molecular formula is C14H19N3S. The monoisotopic (exact) mass is 261 g/mol. The number of hydrogen-bond donors (Lipinski definition) is 1. The number of aromatic nitrogens is 1. The van der Waals surface area contributed by atoms with Crippen LogP contribution in [0.2, 0.25) is 0 Å². The Balaban J connectivity index is 1.71. The number of hydrogen-bond acceptors (Lipinski definition) is 4. The van der Waals surface area contributed by atoms with Crippen LogP contribution in [0.3, 0.4) is 0 Å². The molecule has 1 N–H and O–H groups in total. The molecule has 0 bridgehead atoms. The van der Waals surface area contributed by atoms with E-state index in [9.17, 15) is 0 Å². The molecule has 1 fully saturated rings. The number of thiazole rings is 1. The van der Waals surface area contributed by atoms with E-state index in [0.717, 1.165) is 31.7 Å². The molecule has 1 aromatic carbocycles. The van der Waals surface area contributed by atoms with Gasteiger partial charge in [-0.1, -0.05) is 19.1 Å². The number of fused-ring (bicyclic) bond motifs is 1. The maximum absolute atomic E-state index is 4.71. The van der Waals surface area contributed by atoms with Gasteiger partial charge in [0.25, 0.3) is 0 Å². The van der Waals surface area contributed by atoms with E-state index in [0.29, 0.717) is 6.04 Å². The van der Waals surface area contributed by atoms with Crippen LogP contribution in [0.5, 0.6) is 0 Å². The van der Waals surface area contributed by atoms with E-state index in [1.165, 1.54) is 16.1 Å². The largest absolute Gasteiger partial charge is 0.311 e. The molecule has 1 aromatic heterocycles. The average molecular weight is 261 g/mol. The molecule has 4 heteroatoms. The molecule has 1 saturated heterocycles. The molecule has 0 spiro atoms. The molecule has 2 heterocycles. The van der Waals surface area contributed by atoms with Crippen LogP contribution in [0.4, 0.5) is 0 Å². The average Bonchev–Trinajstić information content (AvgIpc) is 2.81. The van der Waals surface area contributed by atoms with E-state index >= 15 is 0 Å². The van der Waals surface area contributed by atoms with Crippen LogP contribution in [0, 0.1) is 0 Å². The molecule has 0 amide bonds. The van der Waals surface area contributed by atoms with Gasteiger partial charge in [-0.2, -0.15) is 0 Å². The molecule has 3 rings (SSSR count). The van der Waals surface area contributed by atoms with Crippen LogP contribution < -0.4 is 5.32 Å². The lowest BCUT2D eigenvalue weighted by atomic mass is 10.1. The Hall–Kier alpha value is -0.970. The van der Waals surface area contributed by atoms with Crippen molar-refractivity contribution in [3.63, 3.8) is 0 Å². The molecule has 0 radical (unpaired) electrons. The maximum atomic E-state index is 4.71. The highest BCUT2D eigenvalue weighted by Gasteiger charge is 2.18. The van der Waals surface area contributed by atoms with Gasteiger partial charge in [0.2, 0.25) is 0 Å². The number of para-hydroxylation sites is 1. The van der Waals surface area contributed by atoms with Crippen LogP contribution in [0.1, 0.15) is 18.4 Å². The van der Waals surface area contributed by atoms with Gasteiger partial charge >= 0.3 is 0 Å². The van der Waals surface area contributed by atoms with Crippen molar-refractivity contribution < 1.29 is 0 Å². The molecule has 2 aromatic rings. The molecule has 3 nitrogen and oxygen atoms in total. The zero-order chi connectivity index (χ0) is 12.4. The fourth-order valence-electron chi connectivity index (χ4n) is 2.49. The molecule has 1 unspecified atom stereocenters. The highest BCUT2D eigenvalue weighted by Crippen LogP contribution is 2.22. The molecule has 0 aliphatic carbocycles. The SMILES string of the molecule is CCC1CN(Cc2nc3ccccc3s2)CCN1. The second kappa shape index (κ2) is 5.34. The summed E-state index contributed by atoms with van der Waals surface area (Å²) in [6.07, 6.45) is 1.20. The number of benzene rings is 1. The van der Waals surface area contributed by atoms with Crippen molar-refractivity contribution in [2.45, 2.75) is 25.9 Å². The summed E-state index contributed by atoms with van der Waals surface area (Å²) in [5, 5.41) is 4.80. The first-order valence-electron chi connectivity index (χ1n) is 6.65. The third kappa shape index (κ3) is 2.55. The Morgan fingerprint density at radius 1 is 1.44 bits per heavy atom. The van der Waals surface area contributed by atoms with E-state index < -0.39 is 0 Å². The quantitative estimate of drug-likeness (QED) is 0.920. The summed E-state index contributed by atoms with van der Waals surface area (Å²) in [5.74, 6) is 0. The Morgan fingerprint density at radius 3 is 3.17 bits per heavy atom. The lowest BCUT2D eigenvalue weighted by Crippen LogP contribution is -2.49. The summed E-state index contributed by atoms with van der Waals surface area (Å²) in [4.78, 5) is 7.23. The highest BCUT2D eigenvalue weighted by atomic mass is 32.1. The standard InChI is InChI=1S/C14H19N3S/c1-2-11-9-17(8-7-15-11)10-14-16-12-5-3-4-6-13(12)18-14/h3-6,11,15H,2,7-10H2,1H3. The zero-order valence-corrected chi connectivity index (χ0v) is 11.5. The Kier molecular flexibility index (Phi) is 3.59. The van der Waals surface area contributed by atoms with E-state index in [4.69, 9.17) is 4.98 Å². The maximum Gasteiger partial charge on any atom is 0.108 e. The third-order valence-corrected chi connectivity index (χ3v) is 4.55. The van der Waals surface area contributed by atoms with Crippen molar-refractivity contribution in [2.24, 2.45) is 0 Å². The normalized spacial score (nSPS) is 21.5. The van der Waals surface area contributed by atoms with Gasteiger partial charge in [-0.15, -0.1) is 11.3 Å². The number of nitrogens with one attached hydrogen (secondary N) is 1. The fraction of sp³-hybridized carbons (Fsp3) is 0.500. The topological polar surface area (TPSA) is 28.2 Å². The molecular weight excluding hydrogens is 242 g/mol. The first-order chi connectivity index (χ1) is 8.85. The minimum absolute atomic E-state index is 0.646. The minimum atomic E-state index is 0.646. The van der Waals surface area contributed by atoms with Gasteiger partial charge in [-0.05, 0) is 18.6 Å². The van der Waals surface area contributed by atoms with Crippen molar-refractivity contribution in [3.8, 4) is 0 Å². The molecule has 18 heavy (non-hydrogen) atoms. The Morgan fingerprint density at radius 2 is 2.33 bits per heavy atom. The van der Waals surface area contributed by atoms with Gasteiger partial charge in [0.1, 0.15) is 5.01 Å². The van der Waals surface area contributed by atoms with Crippen molar-refractivity contribution in [2.75, 3.05) is 19.6 Å². The van der Waals surface area contributed by atoms with Crippen LogP contribution in [0.15, 0.2) is 24.3 Å². The molecule has 0 saturated carbocycles. The van der Waals surface area contributed by atoms with Gasteiger partial charge in [0, 0.05) is 25.7 Å². The Labute approximate surface area is 112 Å². The highest BCUT2D eigenvalue weighted by molar-refractivity contribution is 7.18. The van der Waals surface area contributed by atoms with Gasteiger partial charge in [0.15, 0.2) is 0 Å². The lowest BCUT2D eigenvalue weighted by molar-refractivity contribution is 0.190. The lowest BCUT2D eigenvalue weighted by Gasteiger charge is -2.32. The van der Waals surface area contributed by atoms with Crippen LogP contribution in [-0.4, -0.2) is 35.6 Å². The zero-order valence-electron chi connectivity index (χ0n) is 10.7. The van der Waals surface area contributed by atoms with Crippen molar-refractivity contribution >= 4 is 21.6 Å². The second-order valence-corrected chi connectivity index (χ2v) is 5.98. The summed E-state index contributed by atoms with van der Waals surface area (Å²) in [6.45, 7) is 6.62. The molecule has 96 valence electrons. The predicted octanol–water partition coefficient (Wildman–Crippen LogP) is 2.48. The van der Waals surface area contributed by atoms with Gasteiger partial charge in [-0.25, -0.2) is 4.98 Å². The second-order valence-electron chi connectivity index (χ2n) is 4.87. The Bertz CT molecular complexity index is 489. The van der Waals surface area contributed by atoms with Gasteiger partial charge in [-0.3, -0.25) is 4.90 Å². The first-order valence-corrected chi connectivity index (χ1v) is 7.47. The molecule has 1 aliphatic rings. The number of piperazine rings is 1. The fourth-order valence-corrected chi connectivity index (χ4v) is 3.50. The van der Waals surface area contributed by atoms with Gasteiger partial charge in [0.05, 0.1) is 16.8 Å². The minimum Gasteiger partial charge on any atom is -0.311 e. The predicted molar refractivity (Wildman–Crippen MR) is 77.0 cm³/mol. The van der Waals surface area contributed by atoms with Crippen molar-refractivity contribution in [1.82, 2.24) is 15.2 Å². The van der Waals surface area contributed by atoms with Crippen molar-refractivity contribution in [1.29, 1.82) is 0 Å². The molecule has 1 aliphatic heterocycles. The first kappa shape index (κ1) is 12.1. The molecule has 1 atom stereocenters. The summed E-state index contributed by atoms with van der Waals surface area (Å²) in [5.41, 5.74) is 1.14. The van der Waals surface area contributed by atoms with E-state index in [-0.39, 0.29) is 0 Å². The van der Waals surface area contributed by atoms with Crippen molar-refractivity contribution in [3.05, 3.63) is 29.3 Å². The third-order valence-electron chi connectivity index (χ3n) is 3.53. The van der Waals surface area contributed by atoms with Gasteiger partial charge < -0.3 is 5.32 Å². The summed E-state index contributed by atoms with van der Waals surface area (Å²) in [7, 11) is 0. The summed E-state index contributed by atoms with van der Waals surface area (Å²) < 4.78 is 1.30. The van der Waals surface area contributed by atoms with Crippen LogP contribution in [0.25, 0.3) is 10.2 Å². The number of rotatable bonds is 3.